The summed E-state index contributed by atoms with van der Waals surface area (Å²) in [7, 11) is 3.67. The van der Waals surface area contributed by atoms with Crippen LogP contribution in [0.5, 0.6) is 11.6 Å². The summed E-state index contributed by atoms with van der Waals surface area (Å²) in [5.74, 6) is -0.286. The van der Waals surface area contributed by atoms with Crippen LogP contribution in [0.1, 0.15) is 49.9 Å². The Hall–Kier alpha value is -3.29. The summed E-state index contributed by atoms with van der Waals surface area (Å²) in [4.78, 5) is 2.12. The molecule has 2 unspecified atom stereocenters. The van der Waals surface area contributed by atoms with Crippen molar-refractivity contribution in [1.29, 1.82) is 0 Å². The number of ether oxygens (including phenoxy) is 1. The zero-order chi connectivity index (χ0) is 25.8. The van der Waals surface area contributed by atoms with Crippen LogP contribution in [-0.4, -0.2) is 51.5 Å². The van der Waals surface area contributed by atoms with Gasteiger partial charge in [-0.05, 0) is 42.3 Å². The molecular weight excluding hydrogens is 454 g/mol. The highest BCUT2D eigenvalue weighted by atomic mass is 16.5. The van der Waals surface area contributed by atoms with Crippen molar-refractivity contribution in [3.8, 4) is 17.3 Å². The molecule has 3 N–H and O–H groups in total. The normalized spacial score (nSPS) is 25.6. The third-order valence-electron chi connectivity index (χ3n) is 7.91. The smallest absolute Gasteiger partial charge is 0.218 e. The van der Waals surface area contributed by atoms with Crippen molar-refractivity contribution in [2.24, 2.45) is 5.92 Å². The van der Waals surface area contributed by atoms with E-state index in [1.54, 1.807) is 7.11 Å². The first kappa shape index (κ1) is 24.4. The van der Waals surface area contributed by atoms with Gasteiger partial charge in [0.15, 0.2) is 0 Å². The number of aliphatic hydroxyl groups excluding tert-OH is 2. The summed E-state index contributed by atoms with van der Waals surface area (Å²) in [5, 5.41) is 38.4. The van der Waals surface area contributed by atoms with Crippen LogP contribution < -0.4 is 9.64 Å². The van der Waals surface area contributed by atoms with Crippen LogP contribution >= 0.6 is 0 Å². The summed E-state index contributed by atoms with van der Waals surface area (Å²) in [6.45, 7) is 6.34. The number of hydrogen-bond acceptors (Lipinski definition) is 6. The molecule has 36 heavy (non-hydrogen) atoms. The number of aryl methyl sites for hydroxylation is 1. The van der Waals surface area contributed by atoms with E-state index < -0.39 is 24.0 Å². The number of aromatic nitrogens is 2. The van der Waals surface area contributed by atoms with E-state index in [-0.39, 0.29) is 11.3 Å². The minimum absolute atomic E-state index is 0.0170. The van der Waals surface area contributed by atoms with Crippen molar-refractivity contribution in [2.45, 2.75) is 57.2 Å². The second-order valence-corrected chi connectivity index (χ2v) is 10.4. The van der Waals surface area contributed by atoms with Gasteiger partial charge in [-0.25, -0.2) is 4.68 Å². The Labute approximate surface area is 212 Å². The lowest BCUT2D eigenvalue weighted by Gasteiger charge is -2.46. The fraction of sp³-hybridized carbons (Fsp3) is 0.414. The molecule has 2 atom stereocenters. The van der Waals surface area contributed by atoms with Crippen LogP contribution in [0.3, 0.4) is 0 Å². The second kappa shape index (κ2) is 8.98. The molecule has 190 valence electrons. The second-order valence-electron chi connectivity index (χ2n) is 10.4. The predicted octanol–water partition coefficient (Wildman–Crippen LogP) is 4.29. The third-order valence-corrected chi connectivity index (χ3v) is 7.91. The van der Waals surface area contributed by atoms with E-state index >= 15 is 0 Å². The molecule has 2 heterocycles. The molecular formula is C29H35N3O4. The average Bonchev–Trinajstić information content (AvgIpc) is 3.28. The fourth-order valence-electron chi connectivity index (χ4n) is 5.88. The highest BCUT2D eigenvalue weighted by molar-refractivity contribution is 5.71. The number of anilines is 1. The summed E-state index contributed by atoms with van der Waals surface area (Å²) in [6.07, 6.45) is 1.80. The Morgan fingerprint density at radius 2 is 1.78 bits per heavy atom. The monoisotopic (exact) mass is 489 g/mol. The molecule has 0 amide bonds. The van der Waals surface area contributed by atoms with E-state index in [0.29, 0.717) is 17.7 Å². The number of para-hydroxylation sites is 1. The molecule has 1 aliphatic heterocycles. The van der Waals surface area contributed by atoms with Crippen LogP contribution in [0.2, 0.25) is 0 Å². The Bertz CT molecular complexity index is 1290. The number of fused-ring (bicyclic) bond motifs is 1. The van der Waals surface area contributed by atoms with E-state index in [0.717, 1.165) is 34.8 Å². The zero-order valence-electron chi connectivity index (χ0n) is 21.5. The topological polar surface area (TPSA) is 91.0 Å². The van der Waals surface area contributed by atoms with Gasteiger partial charge in [-0.15, -0.1) is 0 Å². The number of likely N-dealkylation sites (N-methyl/N-ethyl adjacent to an activating group) is 1. The molecule has 1 aliphatic carbocycles. The number of nitrogens with zero attached hydrogens (tertiary/aromatic N) is 3. The van der Waals surface area contributed by atoms with E-state index in [1.165, 1.54) is 4.68 Å². The van der Waals surface area contributed by atoms with Crippen LogP contribution in [-0.2, 0) is 11.8 Å². The lowest BCUT2D eigenvalue weighted by Crippen LogP contribution is -2.53. The highest BCUT2D eigenvalue weighted by Crippen LogP contribution is 2.52. The Kier molecular flexibility index (Phi) is 6.09. The first-order valence-electron chi connectivity index (χ1n) is 12.6. The molecule has 7 heteroatoms. The maximum absolute atomic E-state index is 11.3. The predicted molar refractivity (Wildman–Crippen MR) is 140 cm³/mol. The third kappa shape index (κ3) is 3.61. The van der Waals surface area contributed by atoms with Crippen molar-refractivity contribution in [1.82, 2.24) is 9.78 Å². The number of rotatable bonds is 6. The molecule has 3 aromatic rings. The molecule has 1 saturated carbocycles. The molecule has 5 rings (SSSR count). The molecule has 1 fully saturated rings. The highest BCUT2D eigenvalue weighted by Gasteiger charge is 2.52. The Morgan fingerprint density at radius 1 is 1.08 bits per heavy atom. The van der Waals surface area contributed by atoms with Crippen molar-refractivity contribution >= 4 is 5.69 Å². The summed E-state index contributed by atoms with van der Waals surface area (Å²) >= 11 is 0. The molecule has 2 aromatic carbocycles. The molecule has 1 aromatic heterocycles. The standard InChI is InChI=1S/C29H35N3O4/c1-6-10-21-24(28(35)32(30-21)17-11-8-7-9-12-17)25-26(33)19(27(25)34)16-23-29(2,3)20-15-18(36-5)13-14-22(20)31(23)4/h7-9,11-16,19,25-27,33-35H,6,10H2,1-5H3. The summed E-state index contributed by atoms with van der Waals surface area (Å²) in [6, 6.07) is 15.5. The molecule has 0 spiro atoms. The Balaban J connectivity index is 1.48. The number of benzene rings is 2. The van der Waals surface area contributed by atoms with Gasteiger partial charge in [0.2, 0.25) is 5.88 Å². The number of aliphatic hydroxyl groups is 2. The Morgan fingerprint density at radius 3 is 2.42 bits per heavy atom. The quantitative estimate of drug-likeness (QED) is 0.479. The zero-order valence-corrected chi connectivity index (χ0v) is 21.5. The van der Waals surface area contributed by atoms with Crippen LogP contribution in [0, 0.1) is 5.92 Å². The lowest BCUT2D eigenvalue weighted by molar-refractivity contribution is -0.0955. The van der Waals surface area contributed by atoms with Crippen molar-refractivity contribution in [3.63, 3.8) is 0 Å². The van der Waals surface area contributed by atoms with Gasteiger partial charge < -0.3 is 25.0 Å². The van der Waals surface area contributed by atoms with Gasteiger partial charge >= 0.3 is 0 Å². The van der Waals surface area contributed by atoms with E-state index in [9.17, 15) is 15.3 Å². The first-order valence-corrected chi connectivity index (χ1v) is 12.6. The van der Waals surface area contributed by atoms with Gasteiger partial charge in [0, 0.05) is 41.2 Å². The van der Waals surface area contributed by atoms with E-state index in [4.69, 9.17) is 4.74 Å². The van der Waals surface area contributed by atoms with E-state index in [1.807, 2.05) is 62.5 Å². The van der Waals surface area contributed by atoms with Gasteiger partial charge in [0.05, 0.1) is 30.7 Å². The van der Waals surface area contributed by atoms with Crippen molar-refractivity contribution < 1.29 is 20.1 Å². The van der Waals surface area contributed by atoms with Crippen LogP contribution in [0.25, 0.3) is 5.69 Å². The van der Waals surface area contributed by atoms with Crippen molar-refractivity contribution in [3.05, 3.63) is 77.1 Å². The molecule has 0 saturated heterocycles. The van der Waals surface area contributed by atoms with E-state index in [2.05, 4.69) is 29.9 Å². The van der Waals surface area contributed by atoms with Gasteiger partial charge in [0.25, 0.3) is 0 Å². The van der Waals surface area contributed by atoms with Gasteiger partial charge in [-0.3, -0.25) is 0 Å². The number of methoxy groups -OCH3 is 1. The SMILES string of the molecule is CCCc1nn(-c2ccccc2)c(O)c1C1C(O)C(C=C2N(C)c3ccc(OC)cc3C2(C)C)C1O. The molecule has 7 nitrogen and oxygen atoms in total. The molecule has 0 radical (unpaired) electrons. The number of hydrogen-bond donors (Lipinski definition) is 3. The largest absolute Gasteiger partial charge is 0.497 e. The fourth-order valence-corrected chi connectivity index (χ4v) is 5.88. The van der Waals surface area contributed by atoms with Crippen molar-refractivity contribution in [2.75, 3.05) is 19.1 Å². The summed E-state index contributed by atoms with van der Waals surface area (Å²) < 4.78 is 6.94. The van der Waals surface area contributed by atoms with Gasteiger partial charge in [0.1, 0.15) is 5.75 Å². The first-order chi connectivity index (χ1) is 17.2. The molecule has 2 aliphatic rings. The van der Waals surface area contributed by atoms with Crippen LogP contribution in [0.15, 0.2) is 60.3 Å². The number of aromatic hydroxyl groups is 1. The lowest BCUT2D eigenvalue weighted by atomic mass is 9.64. The summed E-state index contributed by atoms with van der Waals surface area (Å²) in [5.41, 5.74) is 4.92. The maximum Gasteiger partial charge on any atom is 0.218 e. The molecule has 0 bridgehead atoms. The van der Waals surface area contributed by atoms with Gasteiger partial charge in [-0.2, -0.15) is 5.10 Å². The van der Waals surface area contributed by atoms with Crippen LogP contribution in [0.4, 0.5) is 5.69 Å². The minimum atomic E-state index is -0.843. The van der Waals surface area contributed by atoms with Gasteiger partial charge in [-0.1, -0.05) is 51.5 Å². The maximum atomic E-state index is 11.3. The average molecular weight is 490 g/mol. The minimum Gasteiger partial charge on any atom is -0.497 e. The number of allylic oxidation sites excluding steroid dienone is 1.